The highest BCUT2D eigenvalue weighted by atomic mass is 16.3. The van der Waals surface area contributed by atoms with E-state index in [2.05, 4.69) is 33.0 Å². The van der Waals surface area contributed by atoms with E-state index >= 15 is 0 Å². The number of hydrogen-bond acceptors (Lipinski definition) is 5. The number of aromatic nitrogens is 2. The van der Waals surface area contributed by atoms with Gasteiger partial charge in [0.2, 0.25) is 0 Å². The van der Waals surface area contributed by atoms with Crippen LogP contribution < -0.4 is 10.6 Å². The molecule has 1 amide bonds. The van der Waals surface area contributed by atoms with Gasteiger partial charge in [0.1, 0.15) is 5.82 Å². The van der Waals surface area contributed by atoms with Gasteiger partial charge in [-0.05, 0) is 36.2 Å². The van der Waals surface area contributed by atoms with E-state index in [9.17, 15) is 4.79 Å². The summed E-state index contributed by atoms with van der Waals surface area (Å²) >= 11 is 0. The van der Waals surface area contributed by atoms with Crippen molar-refractivity contribution in [2.24, 2.45) is 0 Å². The third-order valence-electron chi connectivity index (χ3n) is 3.21. The third-order valence-corrected chi connectivity index (χ3v) is 3.21. The second-order valence-corrected chi connectivity index (χ2v) is 4.90. The lowest BCUT2D eigenvalue weighted by atomic mass is 10.1. The van der Waals surface area contributed by atoms with Crippen molar-refractivity contribution in [1.29, 1.82) is 0 Å². The Morgan fingerprint density at radius 1 is 0.957 bits per heavy atom. The number of amides is 1. The van der Waals surface area contributed by atoms with Crippen LogP contribution >= 0.6 is 0 Å². The Kier molecular flexibility index (Phi) is 4.63. The number of furan rings is 1. The molecule has 0 unspecified atom stereocenters. The molecular formula is C17H16N4O2. The van der Waals surface area contributed by atoms with Crippen molar-refractivity contribution >= 4 is 17.5 Å². The summed E-state index contributed by atoms with van der Waals surface area (Å²) in [4.78, 5) is 11.8. The highest BCUT2D eigenvalue weighted by molar-refractivity contribution is 6.01. The Morgan fingerprint density at radius 2 is 1.74 bits per heavy atom. The molecule has 0 bridgehead atoms. The van der Waals surface area contributed by atoms with Crippen LogP contribution in [0.3, 0.4) is 0 Å². The summed E-state index contributed by atoms with van der Waals surface area (Å²) in [5.74, 6) is 0.919. The summed E-state index contributed by atoms with van der Waals surface area (Å²) in [5, 5.41) is 13.8. The number of carbonyl (C=O) groups is 1. The van der Waals surface area contributed by atoms with E-state index in [0.29, 0.717) is 11.6 Å². The molecule has 2 N–H and O–H groups in total. The fourth-order valence-electron chi connectivity index (χ4n) is 2.06. The van der Waals surface area contributed by atoms with E-state index in [4.69, 9.17) is 4.42 Å². The summed E-state index contributed by atoms with van der Waals surface area (Å²) in [6.07, 6.45) is 2.35. The Morgan fingerprint density at radius 3 is 2.43 bits per heavy atom. The highest BCUT2D eigenvalue weighted by Gasteiger charge is 2.09. The second kappa shape index (κ2) is 7.22. The van der Waals surface area contributed by atoms with E-state index in [1.54, 1.807) is 24.3 Å². The molecule has 0 saturated carbocycles. The number of rotatable bonds is 6. The first-order chi connectivity index (χ1) is 11.3. The first-order valence-electron chi connectivity index (χ1n) is 7.27. The molecule has 0 aliphatic carbocycles. The fourth-order valence-corrected chi connectivity index (χ4v) is 2.06. The molecule has 0 atom stereocenters. The first kappa shape index (κ1) is 14.8. The summed E-state index contributed by atoms with van der Waals surface area (Å²) in [7, 11) is 0. The van der Waals surface area contributed by atoms with Crippen LogP contribution in [-0.4, -0.2) is 22.6 Å². The normalized spacial score (nSPS) is 10.3. The molecular weight excluding hydrogens is 292 g/mol. The highest BCUT2D eigenvalue weighted by Crippen LogP contribution is 2.09. The Balaban J connectivity index is 1.50. The van der Waals surface area contributed by atoms with Crippen LogP contribution in [0.1, 0.15) is 16.1 Å². The van der Waals surface area contributed by atoms with Crippen molar-refractivity contribution < 1.29 is 9.21 Å². The molecule has 0 saturated heterocycles. The maximum absolute atomic E-state index is 11.8. The molecule has 0 aliphatic rings. The SMILES string of the molecule is O=C(Nc1ccc(NCCc2ccccc2)nn1)c1ccco1. The molecule has 2 heterocycles. The van der Waals surface area contributed by atoms with Gasteiger partial charge in [-0.25, -0.2) is 0 Å². The van der Waals surface area contributed by atoms with Gasteiger partial charge in [0.25, 0.3) is 5.91 Å². The quantitative estimate of drug-likeness (QED) is 0.732. The zero-order valence-electron chi connectivity index (χ0n) is 12.4. The number of benzene rings is 1. The summed E-state index contributed by atoms with van der Waals surface area (Å²) in [6.45, 7) is 0.761. The van der Waals surface area contributed by atoms with Crippen LogP contribution in [-0.2, 0) is 6.42 Å². The zero-order chi connectivity index (χ0) is 15.9. The lowest BCUT2D eigenvalue weighted by Gasteiger charge is -2.06. The van der Waals surface area contributed by atoms with Gasteiger partial charge in [-0.1, -0.05) is 30.3 Å². The van der Waals surface area contributed by atoms with Crippen molar-refractivity contribution in [3.8, 4) is 0 Å². The van der Waals surface area contributed by atoms with E-state index < -0.39 is 0 Å². The molecule has 23 heavy (non-hydrogen) atoms. The van der Waals surface area contributed by atoms with Crippen molar-refractivity contribution in [2.45, 2.75) is 6.42 Å². The number of nitrogens with one attached hydrogen (secondary N) is 2. The van der Waals surface area contributed by atoms with Crippen LogP contribution in [0, 0.1) is 0 Å². The predicted molar refractivity (Wildman–Crippen MR) is 87.3 cm³/mol. The monoisotopic (exact) mass is 308 g/mol. The van der Waals surface area contributed by atoms with Crippen molar-refractivity contribution in [1.82, 2.24) is 10.2 Å². The van der Waals surface area contributed by atoms with Gasteiger partial charge in [-0.2, -0.15) is 0 Å². The van der Waals surface area contributed by atoms with Gasteiger partial charge in [0.15, 0.2) is 11.6 Å². The van der Waals surface area contributed by atoms with Crippen molar-refractivity contribution in [2.75, 3.05) is 17.2 Å². The maximum Gasteiger partial charge on any atom is 0.292 e. The van der Waals surface area contributed by atoms with Gasteiger partial charge < -0.3 is 15.1 Å². The minimum absolute atomic E-state index is 0.233. The summed E-state index contributed by atoms with van der Waals surface area (Å²) in [6, 6.07) is 16.9. The summed E-state index contributed by atoms with van der Waals surface area (Å²) < 4.78 is 5.01. The van der Waals surface area contributed by atoms with E-state index in [-0.39, 0.29) is 11.7 Å². The Labute approximate surface area is 133 Å². The third kappa shape index (κ3) is 4.16. The Bertz CT molecular complexity index is 740. The van der Waals surface area contributed by atoms with Crippen molar-refractivity contribution in [3.05, 3.63) is 72.2 Å². The molecule has 0 radical (unpaired) electrons. The number of anilines is 2. The van der Waals surface area contributed by atoms with Crippen LogP contribution in [0.5, 0.6) is 0 Å². The van der Waals surface area contributed by atoms with E-state index in [1.807, 2.05) is 18.2 Å². The fraction of sp³-hybridized carbons (Fsp3) is 0.118. The maximum atomic E-state index is 11.8. The lowest BCUT2D eigenvalue weighted by molar-refractivity contribution is 0.0996. The van der Waals surface area contributed by atoms with Crippen molar-refractivity contribution in [3.63, 3.8) is 0 Å². The average molecular weight is 308 g/mol. The largest absolute Gasteiger partial charge is 0.459 e. The van der Waals surface area contributed by atoms with E-state index in [0.717, 1.165) is 13.0 Å². The molecule has 1 aromatic carbocycles. The molecule has 6 nitrogen and oxygen atoms in total. The summed E-state index contributed by atoms with van der Waals surface area (Å²) in [5.41, 5.74) is 1.26. The minimum atomic E-state index is -0.353. The van der Waals surface area contributed by atoms with Gasteiger partial charge in [0, 0.05) is 6.54 Å². The van der Waals surface area contributed by atoms with Crippen LogP contribution in [0.25, 0.3) is 0 Å². The average Bonchev–Trinajstić information content (AvgIpc) is 3.12. The van der Waals surface area contributed by atoms with Gasteiger partial charge in [0.05, 0.1) is 6.26 Å². The van der Waals surface area contributed by atoms with Gasteiger partial charge in [-0.15, -0.1) is 10.2 Å². The van der Waals surface area contributed by atoms with Crippen LogP contribution in [0.15, 0.2) is 65.3 Å². The molecule has 2 aromatic heterocycles. The van der Waals surface area contributed by atoms with Crippen LogP contribution in [0.2, 0.25) is 0 Å². The molecule has 3 aromatic rings. The predicted octanol–water partition coefficient (Wildman–Crippen LogP) is 2.98. The number of carbonyl (C=O) groups excluding carboxylic acids is 1. The molecule has 116 valence electrons. The minimum Gasteiger partial charge on any atom is -0.459 e. The topological polar surface area (TPSA) is 80.0 Å². The molecule has 0 aliphatic heterocycles. The lowest BCUT2D eigenvalue weighted by Crippen LogP contribution is -2.13. The van der Waals surface area contributed by atoms with E-state index in [1.165, 1.54) is 11.8 Å². The molecule has 0 spiro atoms. The standard InChI is InChI=1S/C17H16N4O2/c22-17(14-7-4-12-23-14)19-16-9-8-15(20-21-16)18-11-10-13-5-2-1-3-6-13/h1-9,12H,10-11H2,(H,18,20)(H,19,21,22). The number of nitrogens with zero attached hydrogens (tertiary/aromatic N) is 2. The van der Waals surface area contributed by atoms with Crippen LogP contribution in [0.4, 0.5) is 11.6 Å². The molecule has 0 fully saturated rings. The van der Waals surface area contributed by atoms with Gasteiger partial charge in [-0.3, -0.25) is 4.79 Å². The first-order valence-corrected chi connectivity index (χ1v) is 7.27. The van der Waals surface area contributed by atoms with Gasteiger partial charge >= 0.3 is 0 Å². The molecule has 6 heteroatoms. The number of hydrogen-bond donors (Lipinski definition) is 2. The zero-order valence-corrected chi connectivity index (χ0v) is 12.4. The molecule has 3 rings (SSSR count). The second-order valence-electron chi connectivity index (χ2n) is 4.90. The Hall–Kier alpha value is -3.15. The smallest absolute Gasteiger partial charge is 0.292 e.